The van der Waals surface area contributed by atoms with Crippen LogP contribution in [0.15, 0.2) is 6.07 Å². The zero-order valence-corrected chi connectivity index (χ0v) is 7.91. The minimum absolute atomic E-state index is 0.0884. The second-order valence-electron chi connectivity index (χ2n) is 2.20. The molecule has 0 unspecified atom stereocenters. The van der Waals surface area contributed by atoms with Gasteiger partial charge < -0.3 is 10.5 Å². The summed E-state index contributed by atoms with van der Waals surface area (Å²) in [6.07, 6.45) is -4.87. The van der Waals surface area contributed by atoms with Crippen LogP contribution in [-0.2, 0) is 0 Å². The number of aromatic nitrogens is 1. The second-order valence-corrected chi connectivity index (χ2v) is 2.96. The Hall–Kier alpha value is -0.880. The topological polar surface area (TPSA) is 48.1 Å². The van der Waals surface area contributed by atoms with Crippen LogP contribution in [0.2, 0.25) is 10.2 Å². The molecule has 0 aliphatic rings. The van der Waals surface area contributed by atoms with Crippen molar-refractivity contribution in [1.82, 2.24) is 4.98 Å². The molecule has 0 spiro atoms. The lowest BCUT2D eigenvalue weighted by atomic mass is 10.4. The highest BCUT2D eigenvalue weighted by atomic mass is 35.5. The Morgan fingerprint density at radius 3 is 2.36 bits per heavy atom. The Bertz CT molecular complexity index is 332. The first-order valence-corrected chi connectivity index (χ1v) is 3.92. The van der Waals surface area contributed by atoms with E-state index in [1.165, 1.54) is 0 Å². The number of hydrogen-bond donors (Lipinski definition) is 1. The standard InChI is InChI=1S/C6H3Cl2F3N2O/c7-2-1-3(12)13-5(8)4(2)14-6(9,10)11/h1H,(H2,12,13). The highest BCUT2D eigenvalue weighted by Crippen LogP contribution is 2.36. The van der Waals surface area contributed by atoms with E-state index in [2.05, 4.69) is 9.72 Å². The Morgan fingerprint density at radius 2 is 1.93 bits per heavy atom. The summed E-state index contributed by atoms with van der Waals surface area (Å²) in [6.45, 7) is 0. The van der Waals surface area contributed by atoms with Crippen LogP contribution < -0.4 is 10.5 Å². The van der Waals surface area contributed by atoms with Crippen LogP contribution in [0.3, 0.4) is 0 Å². The summed E-state index contributed by atoms with van der Waals surface area (Å²) in [6, 6.07) is 1.01. The molecule has 1 rings (SSSR count). The minimum Gasteiger partial charge on any atom is -0.401 e. The lowest BCUT2D eigenvalue weighted by Gasteiger charge is -2.11. The third-order valence-corrected chi connectivity index (χ3v) is 1.66. The van der Waals surface area contributed by atoms with Crippen molar-refractivity contribution in [1.29, 1.82) is 0 Å². The molecule has 78 valence electrons. The molecule has 0 saturated heterocycles. The summed E-state index contributed by atoms with van der Waals surface area (Å²) < 4.78 is 38.9. The first-order valence-electron chi connectivity index (χ1n) is 3.17. The van der Waals surface area contributed by atoms with Crippen molar-refractivity contribution < 1.29 is 17.9 Å². The summed E-state index contributed by atoms with van der Waals surface area (Å²) in [4.78, 5) is 3.35. The second kappa shape index (κ2) is 3.70. The zero-order chi connectivity index (χ0) is 10.9. The number of rotatable bonds is 1. The highest BCUT2D eigenvalue weighted by molar-refractivity contribution is 6.36. The van der Waals surface area contributed by atoms with Gasteiger partial charge in [-0.05, 0) is 0 Å². The van der Waals surface area contributed by atoms with E-state index in [1.807, 2.05) is 0 Å². The summed E-state index contributed by atoms with van der Waals surface area (Å²) in [5.41, 5.74) is 5.18. The van der Waals surface area contributed by atoms with Gasteiger partial charge >= 0.3 is 6.36 Å². The molecule has 0 radical (unpaired) electrons. The summed E-state index contributed by atoms with van der Waals surface area (Å²) in [5.74, 6) is -0.843. The van der Waals surface area contributed by atoms with Crippen molar-refractivity contribution in [2.45, 2.75) is 6.36 Å². The Morgan fingerprint density at radius 1 is 1.36 bits per heavy atom. The van der Waals surface area contributed by atoms with E-state index in [-0.39, 0.29) is 10.8 Å². The molecule has 2 N–H and O–H groups in total. The summed E-state index contributed by atoms with van der Waals surface area (Å²) in [5, 5.41) is -0.882. The van der Waals surface area contributed by atoms with Gasteiger partial charge in [-0.15, -0.1) is 13.2 Å². The molecule has 0 amide bonds. The molecule has 0 bridgehead atoms. The molecule has 0 saturated carbocycles. The number of hydrogen-bond acceptors (Lipinski definition) is 3. The summed E-state index contributed by atoms with van der Waals surface area (Å²) in [7, 11) is 0. The predicted octanol–water partition coefficient (Wildman–Crippen LogP) is 2.87. The monoisotopic (exact) mass is 246 g/mol. The molecule has 1 aromatic heterocycles. The summed E-state index contributed by atoms with van der Waals surface area (Å²) >= 11 is 10.8. The van der Waals surface area contributed by atoms with Crippen molar-refractivity contribution in [3.05, 3.63) is 16.2 Å². The smallest absolute Gasteiger partial charge is 0.401 e. The van der Waals surface area contributed by atoms with Gasteiger partial charge in [0.2, 0.25) is 0 Å². The van der Waals surface area contributed by atoms with Crippen molar-refractivity contribution in [2.75, 3.05) is 5.73 Å². The molecule has 0 fully saturated rings. The van der Waals surface area contributed by atoms with Gasteiger partial charge in [-0.25, -0.2) is 4.98 Å². The van der Waals surface area contributed by atoms with Gasteiger partial charge in [0.25, 0.3) is 0 Å². The SMILES string of the molecule is Nc1cc(Cl)c(OC(F)(F)F)c(Cl)n1. The molecule has 0 aromatic carbocycles. The molecule has 0 aliphatic carbocycles. The average Bonchev–Trinajstić information content (AvgIpc) is 1.95. The molecule has 1 heterocycles. The third kappa shape index (κ3) is 2.81. The molecule has 8 heteroatoms. The van der Waals surface area contributed by atoms with E-state index in [4.69, 9.17) is 28.9 Å². The fourth-order valence-corrected chi connectivity index (χ4v) is 1.22. The number of anilines is 1. The maximum absolute atomic E-state index is 11.8. The number of nitrogen functional groups attached to an aromatic ring is 1. The van der Waals surface area contributed by atoms with Gasteiger partial charge in [-0.2, -0.15) is 0 Å². The number of alkyl halides is 3. The predicted molar refractivity (Wildman–Crippen MR) is 45.4 cm³/mol. The highest BCUT2D eigenvalue weighted by Gasteiger charge is 2.33. The molecular weight excluding hydrogens is 244 g/mol. The van der Waals surface area contributed by atoms with E-state index >= 15 is 0 Å². The molecule has 0 atom stereocenters. The Labute approximate surface area is 86.6 Å². The largest absolute Gasteiger partial charge is 0.573 e. The van der Waals surface area contributed by atoms with Crippen LogP contribution in [-0.4, -0.2) is 11.3 Å². The molecule has 3 nitrogen and oxygen atoms in total. The molecule has 1 aromatic rings. The first-order chi connectivity index (χ1) is 6.29. The van der Waals surface area contributed by atoms with Crippen LogP contribution in [0.1, 0.15) is 0 Å². The number of ether oxygens (including phenoxy) is 1. The maximum Gasteiger partial charge on any atom is 0.573 e. The van der Waals surface area contributed by atoms with Gasteiger partial charge in [-0.1, -0.05) is 23.2 Å². The van der Waals surface area contributed by atoms with Crippen molar-refractivity contribution in [2.24, 2.45) is 0 Å². The number of nitrogens with two attached hydrogens (primary N) is 1. The van der Waals surface area contributed by atoms with Crippen LogP contribution >= 0.6 is 23.2 Å². The Kier molecular flexibility index (Phi) is 2.96. The van der Waals surface area contributed by atoms with Crippen LogP contribution in [0.25, 0.3) is 0 Å². The first kappa shape index (κ1) is 11.2. The average molecular weight is 247 g/mol. The molecular formula is C6H3Cl2F3N2O. The minimum atomic E-state index is -4.87. The lowest BCUT2D eigenvalue weighted by Crippen LogP contribution is -2.18. The normalized spacial score (nSPS) is 11.5. The quantitative estimate of drug-likeness (QED) is 0.776. The van der Waals surface area contributed by atoms with Crippen LogP contribution in [0, 0.1) is 0 Å². The van der Waals surface area contributed by atoms with Gasteiger partial charge in [-0.3, -0.25) is 0 Å². The fourth-order valence-electron chi connectivity index (χ4n) is 0.697. The lowest BCUT2D eigenvalue weighted by molar-refractivity contribution is -0.274. The Balaban J connectivity index is 3.09. The molecule has 14 heavy (non-hydrogen) atoms. The number of nitrogens with zero attached hydrogens (tertiary/aromatic N) is 1. The fraction of sp³-hybridized carbons (Fsp3) is 0.167. The van der Waals surface area contributed by atoms with Crippen molar-refractivity contribution >= 4 is 29.0 Å². The van der Waals surface area contributed by atoms with Crippen LogP contribution in [0.5, 0.6) is 5.75 Å². The molecule has 0 aliphatic heterocycles. The third-order valence-electron chi connectivity index (χ3n) is 1.12. The number of pyridine rings is 1. The van der Waals surface area contributed by atoms with E-state index in [1.54, 1.807) is 0 Å². The van der Waals surface area contributed by atoms with Gasteiger partial charge in [0, 0.05) is 6.07 Å². The van der Waals surface area contributed by atoms with Crippen molar-refractivity contribution in [3.63, 3.8) is 0 Å². The van der Waals surface area contributed by atoms with Crippen LogP contribution in [0.4, 0.5) is 19.0 Å². The number of halogens is 5. The van der Waals surface area contributed by atoms with E-state index < -0.39 is 17.3 Å². The maximum atomic E-state index is 11.8. The van der Waals surface area contributed by atoms with E-state index in [9.17, 15) is 13.2 Å². The van der Waals surface area contributed by atoms with Crippen molar-refractivity contribution in [3.8, 4) is 5.75 Å². The van der Waals surface area contributed by atoms with Gasteiger partial charge in [0.05, 0.1) is 5.02 Å². The van der Waals surface area contributed by atoms with Gasteiger partial charge in [0.15, 0.2) is 10.9 Å². The zero-order valence-electron chi connectivity index (χ0n) is 6.40. The van der Waals surface area contributed by atoms with E-state index in [0.717, 1.165) is 6.07 Å². The van der Waals surface area contributed by atoms with Gasteiger partial charge in [0.1, 0.15) is 5.82 Å². The van der Waals surface area contributed by atoms with E-state index in [0.29, 0.717) is 0 Å².